The average Bonchev–Trinajstić information content (AvgIpc) is 2.39. The van der Waals surface area contributed by atoms with Gasteiger partial charge in [-0.3, -0.25) is 0 Å². The smallest absolute Gasteiger partial charge is 0.219 e. The van der Waals surface area contributed by atoms with Gasteiger partial charge in [-0.05, 0) is 36.9 Å². The van der Waals surface area contributed by atoms with Crippen LogP contribution in [-0.2, 0) is 0 Å². The summed E-state index contributed by atoms with van der Waals surface area (Å²) in [6.07, 6.45) is 3.12. The second kappa shape index (κ2) is 5.89. The van der Waals surface area contributed by atoms with Gasteiger partial charge in [0.15, 0.2) is 0 Å². The number of benzene rings is 1. The van der Waals surface area contributed by atoms with Gasteiger partial charge in [0.05, 0.1) is 6.10 Å². The summed E-state index contributed by atoms with van der Waals surface area (Å²) in [4.78, 5) is 5.21. The third kappa shape index (κ3) is 3.03. The van der Waals surface area contributed by atoms with Gasteiger partial charge in [-0.25, -0.2) is 4.98 Å². The zero-order valence-corrected chi connectivity index (χ0v) is 11.1. The highest BCUT2D eigenvalue weighted by atomic mass is 32.2. The van der Waals surface area contributed by atoms with Crippen molar-refractivity contribution in [3.05, 3.63) is 48.2 Å². The Morgan fingerprint density at radius 2 is 2.06 bits per heavy atom. The fourth-order valence-corrected chi connectivity index (χ4v) is 2.08. The van der Waals surface area contributed by atoms with E-state index < -0.39 is 6.10 Å². The zero-order chi connectivity index (χ0) is 13.0. The lowest BCUT2D eigenvalue weighted by Crippen LogP contribution is -1.94. The van der Waals surface area contributed by atoms with E-state index in [-0.39, 0.29) is 0 Å². The van der Waals surface area contributed by atoms with Crippen LogP contribution in [0.3, 0.4) is 0 Å². The van der Waals surface area contributed by atoms with Crippen molar-refractivity contribution in [2.45, 2.75) is 17.9 Å². The molecule has 0 radical (unpaired) electrons. The van der Waals surface area contributed by atoms with E-state index in [1.807, 2.05) is 30.5 Å². The van der Waals surface area contributed by atoms with Gasteiger partial charge in [0.25, 0.3) is 0 Å². The van der Waals surface area contributed by atoms with Crippen LogP contribution in [0.4, 0.5) is 0 Å². The van der Waals surface area contributed by atoms with E-state index in [1.165, 1.54) is 0 Å². The third-order valence-electron chi connectivity index (χ3n) is 2.52. The van der Waals surface area contributed by atoms with Crippen molar-refractivity contribution in [2.75, 3.05) is 6.26 Å². The Hall–Kier alpha value is -1.52. The van der Waals surface area contributed by atoms with Crippen LogP contribution in [-0.4, -0.2) is 16.3 Å². The van der Waals surface area contributed by atoms with Crippen LogP contribution in [0, 0.1) is 0 Å². The van der Waals surface area contributed by atoms with Crippen molar-refractivity contribution in [2.24, 2.45) is 0 Å². The molecular weight excluding hydrogens is 246 g/mol. The Balaban J connectivity index is 2.25. The number of thioether (sulfide) groups is 1. The van der Waals surface area contributed by atoms with E-state index in [0.717, 1.165) is 16.2 Å². The van der Waals surface area contributed by atoms with Crippen LogP contribution in [0.15, 0.2) is 47.5 Å². The van der Waals surface area contributed by atoms with Crippen molar-refractivity contribution >= 4 is 11.8 Å². The Labute approximate surface area is 111 Å². The van der Waals surface area contributed by atoms with Crippen molar-refractivity contribution in [1.29, 1.82) is 0 Å². The Morgan fingerprint density at radius 3 is 2.78 bits per heavy atom. The van der Waals surface area contributed by atoms with Gasteiger partial charge < -0.3 is 9.84 Å². The predicted octanol–water partition coefficient (Wildman–Crippen LogP) is 3.65. The first-order valence-corrected chi connectivity index (χ1v) is 6.88. The van der Waals surface area contributed by atoms with E-state index in [2.05, 4.69) is 4.98 Å². The van der Waals surface area contributed by atoms with E-state index in [4.69, 9.17) is 4.74 Å². The van der Waals surface area contributed by atoms with E-state index in [1.54, 1.807) is 37.0 Å². The molecule has 94 valence electrons. The molecule has 1 heterocycles. The standard InChI is InChI=1S/C14H15NO2S/c1-10(16)11-7-8-15-14(9-11)17-12-5-3-4-6-13(12)18-2/h3-10,16H,1-2H3/t10-/m0/s1. The Kier molecular flexibility index (Phi) is 4.23. The first kappa shape index (κ1) is 12.9. The fourth-order valence-electron chi connectivity index (χ4n) is 1.56. The number of nitrogens with zero attached hydrogens (tertiary/aromatic N) is 1. The van der Waals surface area contributed by atoms with Gasteiger partial charge in [0.1, 0.15) is 5.75 Å². The molecule has 2 aromatic rings. The zero-order valence-electron chi connectivity index (χ0n) is 10.3. The molecule has 1 atom stereocenters. The largest absolute Gasteiger partial charge is 0.438 e. The molecule has 0 aliphatic carbocycles. The minimum Gasteiger partial charge on any atom is -0.438 e. The number of hydrogen-bond acceptors (Lipinski definition) is 4. The summed E-state index contributed by atoms with van der Waals surface area (Å²) < 4.78 is 5.75. The maximum absolute atomic E-state index is 9.53. The van der Waals surface area contributed by atoms with Gasteiger partial charge in [0, 0.05) is 17.2 Å². The van der Waals surface area contributed by atoms with Crippen molar-refractivity contribution < 1.29 is 9.84 Å². The number of pyridine rings is 1. The van der Waals surface area contributed by atoms with Crippen LogP contribution in [0.2, 0.25) is 0 Å². The third-order valence-corrected chi connectivity index (χ3v) is 3.30. The summed E-state index contributed by atoms with van der Waals surface area (Å²) in [5.41, 5.74) is 0.793. The second-order valence-corrected chi connectivity index (χ2v) is 4.70. The van der Waals surface area contributed by atoms with Gasteiger partial charge >= 0.3 is 0 Å². The minimum atomic E-state index is -0.522. The van der Waals surface area contributed by atoms with Crippen molar-refractivity contribution in [3.8, 4) is 11.6 Å². The van der Waals surface area contributed by atoms with Crippen molar-refractivity contribution in [1.82, 2.24) is 4.98 Å². The number of hydrogen-bond donors (Lipinski definition) is 1. The molecule has 18 heavy (non-hydrogen) atoms. The molecule has 0 bridgehead atoms. The van der Waals surface area contributed by atoms with E-state index in [0.29, 0.717) is 5.88 Å². The number of aromatic nitrogens is 1. The lowest BCUT2D eigenvalue weighted by molar-refractivity contribution is 0.198. The first-order chi connectivity index (χ1) is 8.70. The van der Waals surface area contributed by atoms with Gasteiger partial charge in [-0.1, -0.05) is 12.1 Å². The number of ether oxygens (including phenoxy) is 1. The van der Waals surface area contributed by atoms with Crippen LogP contribution in [0.25, 0.3) is 0 Å². The van der Waals surface area contributed by atoms with E-state index >= 15 is 0 Å². The fraction of sp³-hybridized carbons (Fsp3) is 0.214. The number of aliphatic hydroxyl groups is 1. The van der Waals surface area contributed by atoms with Gasteiger partial charge in [-0.2, -0.15) is 0 Å². The maximum atomic E-state index is 9.53. The molecule has 0 aliphatic rings. The normalized spacial score (nSPS) is 12.2. The molecule has 4 heteroatoms. The summed E-state index contributed by atoms with van der Waals surface area (Å²) in [5, 5.41) is 9.53. The lowest BCUT2D eigenvalue weighted by Gasteiger charge is -2.10. The Bertz CT molecular complexity index is 529. The molecule has 2 rings (SSSR count). The SMILES string of the molecule is CSc1ccccc1Oc1cc([C@H](C)O)ccn1. The highest BCUT2D eigenvalue weighted by molar-refractivity contribution is 7.98. The summed E-state index contributed by atoms with van der Waals surface area (Å²) in [6.45, 7) is 1.72. The van der Waals surface area contributed by atoms with Crippen molar-refractivity contribution in [3.63, 3.8) is 0 Å². The highest BCUT2D eigenvalue weighted by Crippen LogP contribution is 2.30. The van der Waals surface area contributed by atoms with Gasteiger partial charge in [0.2, 0.25) is 5.88 Å². The first-order valence-electron chi connectivity index (χ1n) is 5.65. The summed E-state index contributed by atoms with van der Waals surface area (Å²) in [5.74, 6) is 1.27. The van der Waals surface area contributed by atoms with Crippen LogP contribution >= 0.6 is 11.8 Å². The molecule has 1 N–H and O–H groups in total. The summed E-state index contributed by atoms with van der Waals surface area (Å²) in [7, 11) is 0. The molecular formula is C14H15NO2S. The lowest BCUT2D eigenvalue weighted by atomic mass is 10.2. The molecule has 0 amide bonds. The summed E-state index contributed by atoms with van der Waals surface area (Å²) >= 11 is 1.62. The summed E-state index contributed by atoms with van der Waals surface area (Å²) in [6, 6.07) is 11.3. The highest BCUT2D eigenvalue weighted by Gasteiger charge is 2.06. The second-order valence-electron chi connectivity index (χ2n) is 3.86. The molecule has 0 saturated heterocycles. The van der Waals surface area contributed by atoms with Crippen LogP contribution in [0.5, 0.6) is 11.6 Å². The molecule has 0 fully saturated rings. The maximum Gasteiger partial charge on any atom is 0.219 e. The van der Waals surface area contributed by atoms with E-state index in [9.17, 15) is 5.11 Å². The minimum absolute atomic E-state index is 0.495. The molecule has 1 aromatic heterocycles. The quantitative estimate of drug-likeness (QED) is 0.853. The average molecular weight is 261 g/mol. The molecule has 0 saturated carbocycles. The molecule has 0 spiro atoms. The monoisotopic (exact) mass is 261 g/mol. The molecule has 0 aliphatic heterocycles. The van der Waals surface area contributed by atoms with Crippen LogP contribution < -0.4 is 4.74 Å². The molecule has 3 nitrogen and oxygen atoms in total. The number of rotatable bonds is 4. The Morgan fingerprint density at radius 1 is 1.28 bits per heavy atom. The van der Waals surface area contributed by atoms with Gasteiger partial charge in [-0.15, -0.1) is 11.8 Å². The molecule has 0 unspecified atom stereocenters. The number of aliphatic hydroxyl groups excluding tert-OH is 1. The predicted molar refractivity (Wildman–Crippen MR) is 73.2 cm³/mol. The number of para-hydroxylation sites is 1. The topological polar surface area (TPSA) is 42.4 Å². The molecule has 1 aromatic carbocycles. The van der Waals surface area contributed by atoms with Crippen LogP contribution in [0.1, 0.15) is 18.6 Å².